The van der Waals surface area contributed by atoms with Gasteiger partial charge in [0.25, 0.3) is 0 Å². The molecule has 0 aliphatic rings. The zero-order chi connectivity index (χ0) is 12.1. The maximum absolute atomic E-state index is 13.1. The van der Waals surface area contributed by atoms with Crippen molar-refractivity contribution in [1.29, 1.82) is 10.5 Å². The molecule has 0 aromatic heterocycles. The van der Waals surface area contributed by atoms with E-state index in [1.54, 1.807) is 12.1 Å². The van der Waals surface area contributed by atoms with Crippen molar-refractivity contribution >= 4 is 5.69 Å². The van der Waals surface area contributed by atoms with Gasteiger partial charge in [-0.2, -0.15) is 10.5 Å². The number of hydrogen-bond donors (Lipinski definition) is 1. The van der Waals surface area contributed by atoms with Crippen molar-refractivity contribution in [3.05, 3.63) is 41.1 Å². The summed E-state index contributed by atoms with van der Waals surface area (Å²) < 4.78 is 26.0. The first kappa shape index (κ1) is 11.7. The molecule has 1 rings (SSSR count). The summed E-state index contributed by atoms with van der Waals surface area (Å²) in [5.41, 5.74) is 0.220. The van der Waals surface area contributed by atoms with Crippen LogP contribution in [0, 0.1) is 41.2 Å². The minimum Gasteiger partial charge on any atom is -0.359 e. The zero-order valence-electron chi connectivity index (χ0n) is 8.38. The third kappa shape index (κ3) is 2.55. The lowest BCUT2D eigenvalue weighted by atomic mass is 10.2. The first-order valence-corrected chi connectivity index (χ1v) is 4.31. The third-order valence-electron chi connectivity index (χ3n) is 1.92. The van der Waals surface area contributed by atoms with Crippen LogP contribution >= 0.6 is 0 Å². The smallest absolute Gasteiger partial charge is 0.145 e. The number of allylic oxidation sites excluding steroid dienone is 1. The monoisotopic (exact) mass is 219 g/mol. The molecule has 0 unspecified atom stereocenters. The summed E-state index contributed by atoms with van der Waals surface area (Å²) in [5.74, 6) is -1.42. The van der Waals surface area contributed by atoms with Crippen molar-refractivity contribution < 1.29 is 8.78 Å². The molecule has 1 aromatic rings. The standard InChI is InChI=1S/C11H7F2N3/c1-7-10(13)2-9(12)3-11(7)16-6-8(4-14)5-15/h2-3,6,16H,1H3. The van der Waals surface area contributed by atoms with Crippen molar-refractivity contribution in [1.82, 2.24) is 0 Å². The second-order valence-corrected chi connectivity index (χ2v) is 2.99. The van der Waals surface area contributed by atoms with E-state index in [1.807, 2.05) is 0 Å². The molecule has 0 spiro atoms. The molecular formula is C11H7F2N3. The van der Waals surface area contributed by atoms with Gasteiger partial charge >= 0.3 is 0 Å². The van der Waals surface area contributed by atoms with E-state index in [-0.39, 0.29) is 16.8 Å². The number of rotatable bonds is 2. The van der Waals surface area contributed by atoms with Crippen LogP contribution in [0.4, 0.5) is 14.5 Å². The third-order valence-corrected chi connectivity index (χ3v) is 1.92. The molecule has 0 fully saturated rings. The highest BCUT2D eigenvalue weighted by Gasteiger charge is 2.06. The molecule has 0 saturated carbocycles. The van der Waals surface area contributed by atoms with Gasteiger partial charge in [-0.3, -0.25) is 0 Å². The van der Waals surface area contributed by atoms with Crippen LogP contribution in [0.2, 0.25) is 0 Å². The number of anilines is 1. The Hall–Kier alpha value is -2.40. The molecule has 5 heteroatoms. The second kappa shape index (κ2) is 4.90. The van der Waals surface area contributed by atoms with E-state index in [0.29, 0.717) is 0 Å². The molecule has 0 amide bonds. The van der Waals surface area contributed by atoms with Crippen LogP contribution in [0.1, 0.15) is 5.56 Å². The molecule has 0 radical (unpaired) electrons. The van der Waals surface area contributed by atoms with Gasteiger partial charge in [-0.1, -0.05) is 0 Å². The number of nitriles is 2. The molecule has 16 heavy (non-hydrogen) atoms. The topological polar surface area (TPSA) is 59.6 Å². The van der Waals surface area contributed by atoms with E-state index in [1.165, 1.54) is 6.92 Å². The van der Waals surface area contributed by atoms with Gasteiger partial charge in [-0.15, -0.1) is 0 Å². The van der Waals surface area contributed by atoms with Gasteiger partial charge in [0.05, 0.1) is 0 Å². The van der Waals surface area contributed by atoms with Crippen molar-refractivity contribution in [3.8, 4) is 12.1 Å². The van der Waals surface area contributed by atoms with E-state index in [9.17, 15) is 8.78 Å². The first-order chi connectivity index (χ1) is 7.58. The Labute approximate surface area is 91.2 Å². The Kier molecular flexibility index (Phi) is 3.58. The van der Waals surface area contributed by atoms with Gasteiger partial charge in [0.15, 0.2) is 0 Å². The average Bonchev–Trinajstić information content (AvgIpc) is 2.26. The molecule has 0 bridgehead atoms. The van der Waals surface area contributed by atoms with Crippen LogP contribution < -0.4 is 5.32 Å². The predicted molar refractivity (Wildman–Crippen MR) is 54.0 cm³/mol. The van der Waals surface area contributed by atoms with E-state index < -0.39 is 11.6 Å². The fraction of sp³-hybridized carbons (Fsp3) is 0.0909. The van der Waals surface area contributed by atoms with Crippen LogP contribution in [-0.2, 0) is 0 Å². The molecule has 3 nitrogen and oxygen atoms in total. The quantitative estimate of drug-likeness (QED) is 0.778. The van der Waals surface area contributed by atoms with Crippen LogP contribution in [0.25, 0.3) is 0 Å². The average molecular weight is 219 g/mol. The first-order valence-electron chi connectivity index (χ1n) is 4.31. The molecule has 1 aromatic carbocycles. The number of nitrogens with zero attached hydrogens (tertiary/aromatic N) is 2. The van der Waals surface area contributed by atoms with Crippen molar-refractivity contribution in [2.75, 3.05) is 5.32 Å². The van der Waals surface area contributed by atoms with Crippen LogP contribution in [0.3, 0.4) is 0 Å². The van der Waals surface area contributed by atoms with Gasteiger partial charge in [0.2, 0.25) is 0 Å². The number of halogens is 2. The summed E-state index contributed by atoms with van der Waals surface area (Å²) in [6.07, 6.45) is 1.10. The van der Waals surface area contributed by atoms with Crippen molar-refractivity contribution in [3.63, 3.8) is 0 Å². The summed E-state index contributed by atoms with van der Waals surface area (Å²) in [4.78, 5) is 0. The summed E-state index contributed by atoms with van der Waals surface area (Å²) in [7, 11) is 0. The van der Waals surface area contributed by atoms with Gasteiger partial charge < -0.3 is 5.32 Å². The van der Waals surface area contributed by atoms with Gasteiger partial charge in [-0.05, 0) is 13.0 Å². The molecule has 80 valence electrons. The lowest BCUT2D eigenvalue weighted by Gasteiger charge is -2.06. The Morgan fingerprint density at radius 3 is 2.50 bits per heavy atom. The fourth-order valence-electron chi connectivity index (χ4n) is 1.04. The summed E-state index contributed by atoms with van der Waals surface area (Å²) >= 11 is 0. The highest BCUT2D eigenvalue weighted by molar-refractivity contribution is 5.55. The summed E-state index contributed by atoms with van der Waals surface area (Å²) in [6, 6.07) is 5.09. The van der Waals surface area contributed by atoms with E-state index in [2.05, 4.69) is 5.32 Å². The normalized spacial score (nSPS) is 8.81. The minimum absolute atomic E-state index is 0.177. The molecule has 1 N–H and O–H groups in total. The van der Waals surface area contributed by atoms with Crippen molar-refractivity contribution in [2.24, 2.45) is 0 Å². The molecule has 0 heterocycles. The lowest BCUT2D eigenvalue weighted by Crippen LogP contribution is -1.96. The Balaban J connectivity index is 3.05. The number of benzene rings is 1. The maximum Gasteiger partial charge on any atom is 0.145 e. The Morgan fingerprint density at radius 2 is 1.94 bits per heavy atom. The molecule has 0 saturated heterocycles. The number of nitrogens with one attached hydrogen (secondary N) is 1. The van der Waals surface area contributed by atoms with E-state index in [0.717, 1.165) is 18.3 Å². The SMILES string of the molecule is Cc1c(F)cc(F)cc1NC=C(C#N)C#N. The van der Waals surface area contributed by atoms with Gasteiger partial charge in [0, 0.05) is 23.5 Å². The van der Waals surface area contributed by atoms with Crippen LogP contribution in [0.5, 0.6) is 0 Å². The van der Waals surface area contributed by atoms with Crippen molar-refractivity contribution in [2.45, 2.75) is 6.92 Å². The Bertz CT molecular complexity index is 505. The van der Waals surface area contributed by atoms with E-state index in [4.69, 9.17) is 10.5 Å². The van der Waals surface area contributed by atoms with Gasteiger partial charge in [-0.25, -0.2) is 8.78 Å². The van der Waals surface area contributed by atoms with E-state index >= 15 is 0 Å². The fourth-order valence-corrected chi connectivity index (χ4v) is 1.04. The summed E-state index contributed by atoms with van der Waals surface area (Å²) in [5, 5.41) is 19.4. The highest BCUT2D eigenvalue weighted by atomic mass is 19.1. The van der Waals surface area contributed by atoms with Crippen LogP contribution in [-0.4, -0.2) is 0 Å². The predicted octanol–water partition coefficient (Wildman–Crippen LogP) is 2.62. The molecule has 0 atom stereocenters. The Morgan fingerprint density at radius 1 is 1.31 bits per heavy atom. The minimum atomic E-state index is -0.727. The maximum atomic E-state index is 13.1. The molecule has 0 aliphatic carbocycles. The second-order valence-electron chi connectivity index (χ2n) is 2.99. The zero-order valence-corrected chi connectivity index (χ0v) is 8.38. The largest absolute Gasteiger partial charge is 0.359 e. The number of hydrogen-bond acceptors (Lipinski definition) is 3. The summed E-state index contributed by atoms with van der Waals surface area (Å²) in [6.45, 7) is 1.46. The lowest BCUT2D eigenvalue weighted by molar-refractivity contribution is 0.578. The molecule has 0 aliphatic heterocycles. The van der Waals surface area contributed by atoms with Gasteiger partial charge in [0.1, 0.15) is 29.3 Å². The molecular weight excluding hydrogens is 212 g/mol. The highest BCUT2D eigenvalue weighted by Crippen LogP contribution is 2.20. The van der Waals surface area contributed by atoms with Crippen LogP contribution in [0.15, 0.2) is 23.9 Å².